The van der Waals surface area contributed by atoms with Crippen LogP contribution < -0.4 is 9.47 Å². The summed E-state index contributed by atoms with van der Waals surface area (Å²) in [7, 11) is 0. The van der Waals surface area contributed by atoms with Crippen LogP contribution >= 0.6 is 23.4 Å². The molecule has 0 amide bonds. The van der Waals surface area contributed by atoms with E-state index in [1.54, 1.807) is 11.8 Å². The number of rotatable bonds is 4. The van der Waals surface area contributed by atoms with Gasteiger partial charge in [0.15, 0.2) is 28.1 Å². The van der Waals surface area contributed by atoms with E-state index in [0.717, 1.165) is 61.5 Å². The molecular weight excluding hydrogens is 456 g/mol. The summed E-state index contributed by atoms with van der Waals surface area (Å²) in [5.41, 5.74) is 3.71. The summed E-state index contributed by atoms with van der Waals surface area (Å²) in [4.78, 5) is 9.77. The van der Waals surface area contributed by atoms with Crippen LogP contribution in [0.5, 0.6) is 11.5 Å². The molecule has 6 rings (SSSR count). The van der Waals surface area contributed by atoms with Crippen molar-refractivity contribution >= 4 is 39.9 Å². The molecule has 0 radical (unpaired) electrons. The Morgan fingerprint density at radius 3 is 2.61 bits per heavy atom. The van der Waals surface area contributed by atoms with Gasteiger partial charge in [-0.3, -0.25) is 0 Å². The van der Waals surface area contributed by atoms with Crippen molar-refractivity contribution in [1.82, 2.24) is 19.6 Å². The van der Waals surface area contributed by atoms with Crippen molar-refractivity contribution < 1.29 is 9.47 Å². The Balaban J connectivity index is 1.43. The lowest BCUT2D eigenvalue weighted by atomic mass is 10.2. The van der Waals surface area contributed by atoms with Gasteiger partial charge in [-0.25, -0.2) is 9.97 Å². The predicted molar refractivity (Wildman–Crippen MR) is 130 cm³/mol. The molecule has 0 saturated carbocycles. The maximum absolute atomic E-state index is 6.03. The summed E-state index contributed by atoms with van der Waals surface area (Å²) < 4.78 is 13.5. The number of fused-ring (bicyclic) bond motifs is 4. The molecule has 0 atom stereocenters. The van der Waals surface area contributed by atoms with Gasteiger partial charge in [0.2, 0.25) is 0 Å². The van der Waals surface area contributed by atoms with Crippen LogP contribution in [-0.2, 0) is 5.75 Å². The van der Waals surface area contributed by atoms with Gasteiger partial charge in [0.25, 0.3) is 0 Å². The molecule has 0 unspecified atom stereocenters. The van der Waals surface area contributed by atoms with Gasteiger partial charge in [-0.2, -0.15) is 4.52 Å². The van der Waals surface area contributed by atoms with Crippen molar-refractivity contribution in [3.05, 3.63) is 77.3 Å². The Morgan fingerprint density at radius 1 is 0.909 bits per heavy atom. The van der Waals surface area contributed by atoms with Gasteiger partial charge in [-0.05, 0) is 48.0 Å². The minimum absolute atomic E-state index is 0.622. The van der Waals surface area contributed by atoms with Crippen LogP contribution in [0, 0.1) is 0 Å². The molecule has 2 aromatic heterocycles. The molecule has 6 nitrogen and oxygen atoms in total. The third-order valence-corrected chi connectivity index (χ3v) is 6.69. The summed E-state index contributed by atoms with van der Waals surface area (Å²) in [5.74, 6) is 2.85. The van der Waals surface area contributed by atoms with E-state index in [2.05, 4.69) is 0 Å². The number of halogens is 1. The van der Waals surface area contributed by atoms with E-state index in [1.807, 2.05) is 71.2 Å². The van der Waals surface area contributed by atoms with Gasteiger partial charge in [-0.15, -0.1) is 5.10 Å². The first-order chi connectivity index (χ1) is 16.2. The highest BCUT2D eigenvalue weighted by Crippen LogP contribution is 2.34. The third-order valence-electron chi connectivity index (χ3n) is 5.44. The van der Waals surface area contributed by atoms with Crippen LogP contribution in [0.3, 0.4) is 0 Å². The first-order valence-electron chi connectivity index (χ1n) is 10.7. The lowest BCUT2D eigenvalue weighted by Crippen LogP contribution is -1.98. The molecule has 0 aliphatic carbocycles. The van der Waals surface area contributed by atoms with E-state index in [-0.39, 0.29) is 0 Å². The van der Waals surface area contributed by atoms with Crippen LogP contribution in [0.25, 0.3) is 27.9 Å². The number of thioether (sulfide) groups is 1. The lowest BCUT2D eigenvalue weighted by Gasteiger charge is -2.07. The zero-order valence-corrected chi connectivity index (χ0v) is 19.1. The van der Waals surface area contributed by atoms with Crippen LogP contribution in [0.15, 0.2) is 71.9 Å². The number of nitrogens with zero attached hydrogens (tertiary/aromatic N) is 4. The molecule has 0 N–H and O–H groups in total. The second kappa shape index (κ2) is 8.57. The number of para-hydroxylation sites is 1. The van der Waals surface area contributed by atoms with Crippen molar-refractivity contribution in [2.75, 3.05) is 13.2 Å². The van der Waals surface area contributed by atoms with Gasteiger partial charge >= 0.3 is 0 Å². The van der Waals surface area contributed by atoms with Gasteiger partial charge in [0.05, 0.1) is 18.7 Å². The van der Waals surface area contributed by atoms with Crippen molar-refractivity contribution in [2.45, 2.75) is 17.3 Å². The van der Waals surface area contributed by atoms with Gasteiger partial charge in [-0.1, -0.05) is 47.6 Å². The normalized spacial score (nSPS) is 13.4. The Bertz CT molecular complexity index is 1470. The molecule has 0 saturated heterocycles. The second-order valence-corrected chi connectivity index (χ2v) is 9.09. The molecular formula is C25H19ClN4O2S. The molecule has 0 bridgehead atoms. The van der Waals surface area contributed by atoms with Crippen LogP contribution in [0.1, 0.15) is 12.0 Å². The maximum atomic E-state index is 6.03. The van der Waals surface area contributed by atoms with E-state index in [9.17, 15) is 0 Å². The molecule has 164 valence electrons. The number of ether oxygens (including phenoxy) is 2. The topological polar surface area (TPSA) is 61.5 Å². The molecule has 3 heterocycles. The van der Waals surface area contributed by atoms with Crippen molar-refractivity contribution in [1.29, 1.82) is 0 Å². The Morgan fingerprint density at radius 2 is 1.73 bits per heavy atom. The monoisotopic (exact) mass is 474 g/mol. The summed E-state index contributed by atoms with van der Waals surface area (Å²) in [5, 5.41) is 7.31. The highest BCUT2D eigenvalue weighted by molar-refractivity contribution is 7.98. The quantitative estimate of drug-likeness (QED) is 0.233. The smallest absolute Gasteiger partial charge is 0.191 e. The zero-order chi connectivity index (χ0) is 22.2. The molecule has 0 fully saturated rings. The Kier molecular flexibility index (Phi) is 5.28. The molecule has 8 heteroatoms. The number of hydrogen-bond acceptors (Lipinski definition) is 6. The van der Waals surface area contributed by atoms with E-state index in [4.69, 9.17) is 36.1 Å². The fourth-order valence-electron chi connectivity index (χ4n) is 3.78. The molecule has 3 aromatic carbocycles. The van der Waals surface area contributed by atoms with Crippen LogP contribution in [-0.4, -0.2) is 32.8 Å². The summed E-state index contributed by atoms with van der Waals surface area (Å²) in [6.45, 7) is 1.29. The largest absolute Gasteiger partial charge is 0.490 e. The molecule has 1 aliphatic heterocycles. The maximum Gasteiger partial charge on any atom is 0.191 e. The minimum atomic E-state index is 0.622. The number of hydrogen-bond donors (Lipinski definition) is 0. The SMILES string of the molecule is Clc1ccc(CSc2nc3ccccc3c3nc(-c4ccc5c(c4)OCCCO5)nn23)cc1. The lowest BCUT2D eigenvalue weighted by molar-refractivity contribution is 0.297. The average molecular weight is 475 g/mol. The second-order valence-electron chi connectivity index (χ2n) is 7.71. The van der Waals surface area contributed by atoms with Crippen molar-refractivity contribution in [3.8, 4) is 22.9 Å². The molecule has 33 heavy (non-hydrogen) atoms. The van der Waals surface area contributed by atoms with Gasteiger partial charge < -0.3 is 9.47 Å². The van der Waals surface area contributed by atoms with Crippen LogP contribution in [0.4, 0.5) is 0 Å². The Labute approximate surface area is 199 Å². The van der Waals surface area contributed by atoms with Gasteiger partial charge in [0, 0.05) is 28.1 Å². The Hall–Kier alpha value is -3.29. The van der Waals surface area contributed by atoms with Crippen LogP contribution in [0.2, 0.25) is 5.02 Å². The fraction of sp³-hybridized carbons (Fsp3) is 0.160. The molecule has 1 aliphatic rings. The highest BCUT2D eigenvalue weighted by atomic mass is 35.5. The fourth-order valence-corrected chi connectivity index (χ4v) is 4.80. The van der Waals surface area contributed by atoms with E-state index >= 15 is 0 Å². The standard InChI is InChI=1S/C25H19ClN4O2S/c26-18-9-6-16(7-10-18)15-33-25-27-20-5-2-1-4-19(20)24-28-23(29-30(24)25)17-8-11-21-22(14-17)32-13-3-12-31-21/h1-2,4-11,14H,3,12-13,15H2. The predicted octanol–water partition coefficient (Wildman–Crippen LogP) is 6.05. The minimum Gasteiger partial charge on any atom is -0.490 e. The average Bonchev–Trinajstić information content (AvgIpc) is 3.17. The van der Waals surface area contributed by atoms with E-state index < -0.39 is 0 Å². The zero-order valence-electron chi connectivity index (χ0n) is 17.6. The first-order valence-corrected chi connectivity index (χ1v) is 12.0. The summed E-state index contributed by atoms with van der Waals surface area (Å²) in [6, 6.07) is 21.7. The van der Waals surface area contributed by atoms with E-state index in [1.165, 1.54) is 0 Å². The molecule has 0 spiro atoms. The van der Waals surface area contributed by atoms with E-state index in [0.29, 0.717) is 19.0 Å². The highest BCUT2D eigenvalue weighted by Gasteiger charge is 2.17. The first kappa shape index (κ1) is 20.3. The van der Waals surface area contributed by atoms with Crippen molar-refractivity contribution in [2.24, 2.45) is 0 Å². The van der Waals surface area contributed by atoms with Crippen molar-refractivity contribution in [3.63, 3.8) is 0 Å². The molecule has 5 aromatic rings. The number of aromatic nitrogens is 4. The third kappa shape index (κ3) is 3.98. The summed E-state index contributed by atoms with van der Waals surface area (Å²) >= 11 is 7.65. The van der Waals surface area contributed by atoms with Gasteiger partial charge in [0.1, 0.15) is 0 Å². The summed E-state index contributed by atoms with van der Waals surface area (Å²) in [6.07, 6.45) is 0.864. The number of benzene rings is 3.